The maximum absolute atomic E-state index is 4.37. The average Bonchev–Trinajstić information content (AvgIpc) is 3.15. The van der Waals surface area contributed by atoms with Crippen LogP contribution in [0.15, 0.2) is 140 Å². The summed E-state index contributed by atoms with van der Waals surface area (Å²) in [4.78, 5) is 0. The molecule has 0 fully saturated rings. The van der Waals surface area contributed by atoms with E-state index in [-0.39, 0.29) is 0 Å². The van der Waals surface area contributed by atoms with Gasteiger partial charge in [0.2, 0.25) is 0 Å². The summed E-state index contributed by atoms with van der Waals surface area (Å²) >= 11 is -4.37. The fourth-order valence-corrected chi connectivity index (χ4v) is 26.5. The molecule has 1 aliphatic rings. The van der Waals surface area contributed by atoms with Crippen molar-refractivity contribution in [3.63, 3.8) is 0 Å². The minimum absolute atomic E-state index is 1.39. The zero-order chi connectivity index (χ0) is 20.8. The first-order valence-electron chi connectivity index (χ1n) is 10.8. The van der Waals surface area contributed by atoms with Crippen LogP contribution in [-0.4, -0.2) is 17.4 Å². The molecule has 5 aromatic rings. The Kier molecular flexibility index (Phi) is 4.20. The Balaban J connectivity index is 1.99. The van der Waals surface area contributed by atoms with Crippen LogP contribution in [0.5, 0.6) is 0 Å². The molecular formula is C30H23Sb. The van der Waals surface area contributed by atoms with Crippen LogP contribution in [0.4, 0.5) is 0 Å². The topological polar surface area (TPSA) is 0 Å². The summed E-state index contributed by atoms with van der Waals surface area (Å²) in [6.45, 7) is 0. The summed E-state index contributed by atoms with van der Waals surface area (Å²) in [7, 11) is 0. The van der Waals surface area contributed by atoms with E-state index >= 15 is 0 Å². The van der Waals surface area contributed by atoms with E-state index in [9.17, 15) is 0 Å². The van der Waals surface area contributed by atoms with Gasteiger partial charge >= 0.3 is 186 Å². The van der Waals surface area contributed by atoms with Crippen molar-refractivity contribution in [3.8, 4) is 11.1 Å². The summed E-state index contributed by atoms with van der Waals surface area (Å²) < 4.78 is 7.42. The van der Waals surface area contributed by atoms with E-state index in [1.165, 1.54) is 28.7 Å². The molecule has 0 amide bonds. The number of benzene rings is 5. The zero-order valence-electron chi connectivity index (χ0n) is 17.2. The van der Waals surface area contributed by atoms with Crippen molar-refractivity contribution < 1.29 is 0 Å². The summed E-state index contributed by atoms with van der Waals surface area (Å²) in [6, 6.07) is 52.2. The van der Waals surface area contributed by atoms with Crippen LogP contribution in [0.2, 0.25) is 0 Å². The van der Waals surface area contributed by atoms with E-state index in [0.717, 1.165) is 0 Å². The number of rotatable bonds is 3. The van der Waals surface area contributed by atoms with Gasteiger partial charge in [-0.25, -0.2) is 0 Å². The van der Waals surface area contributed by atoms with E-state index in [2.05, 4.69) is 140 Å². The van der Waals surface area contributed by atoms with Crippen molar-refractivity contribution in [3.05, 3.63) is 140 Å². The summed E-state index contributed by atoms with van der Waals surface area (Å²) in [5.74, 6) is 0. The fourth-order valence-electron chi connectivity index (χ4n) is 5.77. The second-order valence-electron chi connectivity index (χ2n) is 8.16. The molecule has 31 heavy (non-hydrogen) atoms. The van der Waals surface area contributed by atoms with E-state index in [4.69, 9.17) is 0 Å². The molecule has 0 atom stereocenters. The molecule has 0 saturated heterocycles. The third kappa shape index (κ3) is 2.21. The van der Waals surface area contributed by atoms with Crippen molar-refractivity contribution in [1.82, 2.24) is 0 Å². The van der Waals surface area contributed by atoms with Crippen LogP contribution in [0.3, 0.4) is 0 Å². The van der Waals surface area contributed by atoms with Gasteiger partial charge in [-0.2, -0.15) is 0 Å². The third-order valence-electron chi connectivity index (χ3n) is 6.88. The Hall–Kier alpha value is -3.08. The molecule has 1 heterocycles. The van der Waals surface area contributed by atoms with Gasteiger partial charge in [0.05, 0.1) is 0 Å². The molecular weight excluding hydrogens is 482 g/mol. The molecule has 6 rings (SSSR count). The molecule has 0 aromatic heterocycles. The van der Waals surface area contributed by atoms with Gasteiger partial charge in [0.25, 0.3) is 0 Å². The predicted octanol–water partition coefficient (Wildman–Crippen LogP) is 3.91. The van der Waals surface area contributed by atoms with E-state index in [1.807, 2.05) is 0 Å². The molecule has 0 nitrogen and oxygen atoms in total. The first-order valence-corrected chi connectivity index (χ1v) is 17.1. The molecule has 5 aromatic carbocycles. The van der Waals surface area contributed by atoms with E-state index in [1.54, 1.807) is 0 Å². The molecule has 1 heteroatoms. The first kappa shape index (κ1) is 18.7. The van der Waals surface area contributed by atoms with E-state index in [0.29, 0.717) is 0 Å². The fraction of sp³-hybridized carbons (Fsp3) is 0. The monoisotopic (exact) mass is 504 g/mol. The van der Waals surface area contributed by atoms with Gasteiger partial charge in [0.15, 0.2) is 0 Å². The predicted molar refractivity (Wildman–Crippen MR) is 135 cm³/mol. The summed E-state index contributed by atoms with van der Waals surface area (Å²) in [6.07, 6.45) is 0. The SMILES string of the molecule is c1cc[c]([Sb]2([c]3ccccc3)([c]3ccccc3)[c]3ccccc3-c3cccc[c]32)cc1. The minimum atomic E-state index is -4.37. The second kappa shape index (κ2) is 6.97. The van der Waals surface area contributed by atoms with Gasteiger partial charge in [-0.3, -0.25) is 0 Å². The van der Waals surface area contributed by atoms with Gasteiger partial charge in [-0.05, 0) is 0 Å². The Morgan fingerprint density at radius 1 is 0.290 bits per heavy atom. The molecule has 0 unspecified atom stereocenters. The van der Waals surface area contributed by atoms with Gasteiger partial charge in [0.1, 0.15) is 0 Å². The van der Waals surface area contributed by atoms with Crippen molar-refractivity contribution in [1.29, 1.82) is 0 Å². The van der Waals surface area contributed by atoms with Crippen LogP contribution >= 0.6 is 0 Å². The third-order valence-corrected chi connectivity index (χ3v) is 26.0. The number of fused-ring (bicyclic) bond motifs is 3. The molecule has 0 spiro atoms. The van der Waals surface area contributed by atoms with E-state index < -0.39 is 17.4 Å². The van der Waals surface area contributed by atoms with Crippen LogP contribution in [-0.2, 0) is 0 Å². The summed E-state index contributed by atoms with van der Waals surface area (Å²) in [5.41, 5.74) is 2.77. The van der Waals surface area contributed by atoms with Gasteiger partial charge < -0.3 is 0 Å². The molecule has 0 N–H and O–H groups in total. The standard InChI is InChI=1S/C12H8.3C6H5.Sb/c1-3-7-11(8-4-1)12-9-5-2-6-10-12;3*1-2-4-6-5-3-1;/h1-7,9H;3*1-5H;. The van der Waals surface area contributed by atoms with Gasteiger partial charge in [0, 0.05) is 0 Å². The Labute approximate surface area is 184 Å². The van der Waals surface area contributed by atoms with Crippen LogP contribution in [0, 0.1) is 0 Å². The second-order valence-corrected chi connectivity index (χ2v) is 21.7. The molecule has 0 aliphatic carbocycles. The summed E-state index contributed by atoms with van der Waals surface area (Å²) in [5, 5.41) is 0. The van der Waals surface area contributed by atoms with Crippen molar-refractivity contribution >= 4 is 34.9 Å². The Morgan fingerprint density at radius 3 is 0.935 bits per heavy atom. The van der Waals surface area contributed by atoms with Crippen LogP contribution < -0.4 is 17.6 Å². The molecule has 0 saturated carbocycles. The van der Waals surface area contributed by atoms with Gasteiger partial charge in [-0.15, -0.1) is 0 Å². The maximum atomic E-state index is 2.41. The first-order chi connectivity index (χ1) is 15.4. The van der Waals surface area contributed by atoms with Crippen molar-refractivity contribution in [2.24, 2.45) is 0 Å². The van der Waals surface area contributed by atoms with Crippen molar-refractivity contribution in [2.45, 2.75) is 0 Å². The zero-order valence-corrected chi connectivity index (χ0v) is 19.8. The normalized spacial score (nSPS) is 16.5. The number of hydrogen-bond donors (Lipinski definition) is 0. The van der Waals surface area contributed by atoms with Crippen LogP contribution in [0.1, 0.15) is 0 Å². The van der Waals surface area contributed by atoms with Gasteiger partial charge in [-0.1, -0.05) is 0 Å². The molecule has 148 valence electrons. The molecule has 0 bridgehead atoms. The Morgan fingerprint density at radius 2 is 0.581 bits per heavy atom. The molecule has 0 radical (unpaired) electrons. The average molecular weight is 505 g/mol. The van der Waals surface area contributed by atoms with Crippen LogP contribution in [0.25, 0.3) is 11.1 Å². The Bertz CT molecular complexity index is 1220. The molecule has 1 aliphatic heterocycles. The van der Waals surface area contributed by atoms with Crippen molar-refractivity contribution in [2.75, 3.05) is 0 Å². The number of hydrogen-bond acceptors (Lipinski definition) is 0. The quantitative estimate of drug-likeness (QED) is 0.320.